The minimum Gasteiger partial charge on any atom is -0.345 e. The summed E-state index contributed by atoms with van der Waals surface area (Å²) in [6.45, 7) is 2.08. The van der Waals surface area contributed by atoms with Gasteiger partial charge in [-0.25, -0.2) is 14.4 Å². The summed E-state index contributed by atoms with van der Waals surface area (Å²) in [7, 11) is 0. The lowest BCUT2D eigenvalue weighted by Gasteiger charge is -2.08. The molecule has 5 rings (SSSR count). The third-order valence-corrected chi connectivity index (χ3v) is 5.92. The molecule has 2 heterocycles. The van der Waals surface area contributed by atoms with Gasteiger partial charge in [-0.1, -0.05) is 29.5 Å². The molecule has 1 aliphatic carbocycles. The van der Waals surface area contributed by atoms with E-state index in [-0.39, 0.29) is 5.91 Å². The lowest BCUT2D eigenvalue weighted by atomic mass is 9.98. The molecule has 2 unspecified atom stereocenters. The molecule has 0 saturated heterocycles. The topological polar surface area (TPSA) is 70.7 Å². The van der Waals surface area contributed by atoms with Crippen LogP contribution in [-0.2, 0) is 4.79 Å². The van der Waals surface area contributed by atoms with E-state index in [2.05, 4.69) is 45.4 Å². The molecule has 0 spiro atoms. The number of fused-ring (bicyclic) bond motifs is 1. The van der Waals surface area contributed by atoms with E-state index in [1.165, 1.54) is 11.3 Å². The van der Waals surface area contributed by atoms with Gasteiger partial charge in [0.15, 0.2) is 5.13 Å². The van der Waals surface area contributed by atoms with Crippen LogP contribution in [0.25, 0.3) is 32.7 Å². The number of carbonyl (C=O) groups excluding carboxylic acids is 1. The fourth-order valence-electron chi connectivity index (χ4n) is 3.28. The summed E-state index contributed by atoms with van der Waals surface area (Å²) in [6, 6.07) is 12.3. The van der Waals surface area contributed by atoms with E-state index in [0.29, 0.717) is 11.6 Å². The number of aromatic nitrogens is 3. The molecule has 1 fully saturated rings. The molecule has 0 bridgehead atoms. The van der Waals surface area contributed by atoms with Crippen molar-refractivity contribution in [3.05, 3.63) is 54.4 Å². The summed E-state index contributed by atoms with van der Waals surface area (Å²) in [4.78, 5) is 23.9. The Morgan fingerprint density at radius 1 is 1.25 bits per heavy atom. The van der Waals surface area contributed by atoms with Gasteiger partial charge in [-0.15, -0.1) is 0 Å². The number of thiazole rings is 1. The lowest BCUT2D eigenvalue weighted by molar-refractivity contribution is -0.117. The maximum Gasteiger partial charge on any atom is 0.232 e. The summed E-state index contributed by atoms with van der Waals surface area (Å²) >= 11 is 1.40. The average molecular weight is 392 g/mol. The minimum atomic E-state index is -1.01. The second-order valence-corrected chi connectivity index (χ2v) is 8.05. The number of aromatic amines is 1. The monoisotopic (exact) mass is 392 g/mol. The number of nitrogens with one attached hydrogen (secondary N) is 2. The van der Waals surface area contributed by atoms with E-state index in [4.69, 9.17) is 0 Å². The second kappa shape index (κ2) is 6.53. The first kappa shape index (κ1) is 17.1. The van der Waals surface area contributed by atoms with E-state index in [1.54, 1.807) is 12.4 Å². The van der Waals surface area contributed by atoms with Gasteiger partial charge in [0.25, 0.3) is 0 Å². The number of nitrogens with zero attached hydrogens (tertiary/aromatic N) is 2. The number of aryl methyl sites for hydroxylation is 1. The zero-order valence-corrected chi connectivity index (χ0v) is 15.9. The molecule has 5 nitrogen and oxygen atoms in total. The van der Waals surface area contributed by atoms with Crippen LogP contribution in [-0.4, -0.2) is 27.0 Å². The van der Waals surface area contributed by atoms with Crippen molar-refractivity contribution in [3.8, 4) is 22.5 Å². The standard InChI is InChI=1S/C21H17FN4OS/c1-11-2-3-13(19-23-6-7-24-19)8-14(11)12-4-5-17-18(9-12)28-21(25-17)26-20(27)15-10-16(15)22/h2-9,15-16H,10H2,1H3,(H,23,24)(H,25,26,27). The highest BCUT2D eigenvalue weighted by molar-refractivity contribution is 7.22. The Morgan fingerprint density at radius 2 is 2.07 bits per heavy atom. The van der Waals surface area contributed by atoms with Crippen molar-refractivity contribution in [1.29, 1.82) is 0 Å². The fraction of sp³-hybridized carbons (Fsp3) is 0.190. The van der Waals surface area contributed by atoms with Crippen molar-refractivity contribution in [2.75, 3.05) is 5.32 Å². The Hall–Kier alpha value is -3.06. The van der Waals surface area contributed by atoms with Crippen LogP contribution in [0.1, 0.15) is 12.0 Å². The highest BCUT2D eigenvalue weighted by atomic mass is 32.1. The van der Waals surface area contributed by atoms with E-state index < -0.39 is 12.1 Å². The Kier molecular flexibility index (Phi) is 3.98. The molecular formula is C21H17FN4OS. The number of rotatable bonds is 4. The Labute approximate surface area is 164 Å². The average Bonchev–Trinajstić information content (AvgIpc) is 3.09. The van der Waals surface area contributed by atoms with Crippen molar-refractivity contribution in [2.45, 2.75) is 19.5 Å². The number of anilines is 1. The lowest BCUT2D eigenvalue weighted by Crippen LogP contribution is -2.14. The zero-order valence-electron chi connectivity index (χ0n) is 15.1. The zero-order chi connectivity index (χ0) is 19.3. The summed E-state index contributed by atoms with van der Waals surface area (Å²) < 4.78 is 14.0. The first-order valence-electron chi connectivity index (χ1n) is 9.05. The van der Waals surface area contributed by atoms with E-state index in [1.807, 2.05) is 18.2 Å². The molecule has 1 aliphatic rings. The number of benzene rings is 2. The van der Waals surface area contributed by atoms with Crippen LogP contribution in [0.3, 0.4) is 0 Å². The number of hydrogen-bond acceptors (Lipinski definition) is 4. The van der Waals surface area contributed by atoms with E-state index >= 15 is 0 Å². The quantitative estimate of drug-likeness (QED) is 0.516. The third-order valence-electron chi connectivity index (χ3n) is 4.99. The van der Waals surface area contributed by atoms with Crippen LogP contribution in [0.2, 0.25) is 0 Å². The number of carbonyl (C=O) groups is 1. The highest BCUT2D eigenvalue weighted by Crippen LogP contribution is 2.37. The molecule has 2 atom stereocenters. The van der Waals surface area contributed by atoms with Gasteiger partial charge < -0.3 is 10.3 Å². The molecule has 2 N–H and O–H groups in total. The van der Waals surface area contributed by atoms with Crippen molar-refractivity contribution in [3.63, 3.8) is 0 Å². The van der Waals surface area contributed by atoms with Gasteiger partial charge in [0.05, 0.1) is 16.1 Å². The summed E-state index contributed by atoms with van der Waals surface area (Å²) in [5.74, 6) is 0.0275. The van der Waals surface area contributed by atoms with Crippen LogP contribution >= 0.6 is 11.3 Å². The molecular weight excluding hydrogens is 375 g/mol. The van der Waals surface area contributed by atoms with E-state index in [0.717, 1.165) is 38.3 Å². The minimum absolute atomic E-state index is 0.284. The predicted molar refractivity (Wildman–Crippen MR) is 109 cm³/mol. The first-order chi connectivity index (χ1) is 13.6. The maximum absolute atomic E-state index is 13.1. The van der Waals surface area contributed by atoms with Crippen LogP contribution < -0.4 is 5.32 Å². The maximum atomic E-state index is 13.1. The molecule has 4 aromatic rings. The van der Waals surface area contributed by atoms with Gasteiger partial charge in [-0.05, 0) is 48.2 Å². The summed E-state index contributed by atoms with van der Waals surface area (Å²) in [5.41, 5.74) is 5.19. The van der Waals surface area contributed by atoms with Gasteiger partial charge in [0.1, 0.15) is 12.0 Å². The number of alkyl halides is 1. The van der Waals surface area contributed by atoms with Crippen LogP contribution in [0, 0.1) is 12.8 Å². The predicted octanol–water partition coefficient (Wildman–Crippen LogP) is 4.96. The van der Waals surface area contributed by atoms with Crippen molar-refractivity contribution in [2.24, 2.45) is 5.92 Å². The third kappa shape index (κ3) is 3.07. The van der Waals surface area contributed by atoms with Gasteiger partial charge in [0, 0.05) is 18.0 Å². The first-order valence-corrected chi connectivity index (χ1v) is 9.86. The van der Waals surface area contributed by atoms with Crippen molar-refractivity contribution in [1.82, 2.24) is 15.0 Å². The molecule has 28 heavy (non-hydrogen) atoms. The van der Waals surface area contributed by atoms with Crippen LogP contribution in [0.15, 0.2) is 48.8 Å². The molecule has 140 valence electrons. The number of amides is 1. The highest BCUT2D eigenvalue weighted by Gasteiger charge is 2.43. The Balaban J connectivity index is 1.48. The molecule has 1 saturated carbocycles. The molecule has 7 heteroatoms. The number of halogens is 1. The number of imidazole rings is 1. The van der Waals surface area contributed by atoms with Gasteiger partial charge >= 0.3 is 0 Å². The molecule has 0 aliphatic heterocycles. The van der Waals surface area contributed by atoms with Crippen LogP contribution in [0.4, 0.5) is 9.52 Å². The second-order valence-electron chi connectivity index (χ2n) is 7.02. The molecule has 2 aromatic heterocycles. The molecule has 1 amide bonds. The Bertz CT molecular complexity index is 1180. The van der Waals surface area contributed by atoms with Gasteiger partial charge in [-0.2, -0.15) is 0 Å². The summed E-state index contributed by atoms with van der Waals surface area (Å²) in [5, 5.41) is 3.25. The number of H-pyrrole nitrogens is 1. The Morgan fingerprint density at radius 3 is 2.82 bits per heavy atom. The molecule has 2 aromatic carbocycles. The largest absolute Gasteiger partial charge is 0.345 e. The van der Waals surface area contributed by atoms with Crippen LogP contribution in [0.5, 0.6) is 0 Å². The fourth-order valence-corrected chi connectivity index (χ4v) is 4.19. The van der Waals surface area contributed by atoms with Gasteiger partial charge in [0.2, 0.25) is 5.91 Å². The SMILES string of the molecule is Cc1ccc(-c2ncc[nH]2)cc1-c1ccc2nc(NC(=O)C3CC3F)sc2c1. The smallest absolute Gasteiger partial charge is 0.232 e. The van der Waals surface area contributed by atoms with Gasteiger partial charge in [-0.3, -0.25) is 4.79 Å². The summed E-state index contributed by atoms with van der Waals surface area (Å²) in [6.07, 6.45) is 2.85. The normalized spacial score (nSPS) is 18.4. The van der Waals surface area contributed by atoms with Crippen molar-refractivity contribution >= 4 is 32.6 Å². The molecule has 0 radical (unpaired) electrons. The number of hydrogen-bond donors (Lipinski definition) is 2. The van der Waals surface area contributed by atoms with E-state index in [9.17, 15) is 9.18 Å². The van der Waals surface area contributed by atoms with Crippen molar-refractivity contribution < 1.29 is 9.18 Å².